The molecule has 6 nitrogen and oxygen atoms in total. The Morgan fingerprint density at radius 3 is 2.86 bits per heavy atom. The molecule has 2 amide bonds. The van der Waals surface area contributed by atoms with Crippen LogP contribution in [0.5, 0.6) is 5.75 Å². The number of nitrogens with zero attached hydrogens (tertiary/aromatic N) is 2. The predicted molar refractivity (Wildman–Crippen MR) is 83.8 cm³/mol. The van der Waals surface area contributed by atoms with E-state index in [0.717, 1.165) is 19.3 Å². The topological polar surface area (TPSA) is 71.5 Å². The number of nitrogens with one attached hydrogen (secondary N) is 1. The number of fused-ring (bicyclic) bond motifs is 1. The molecule has 6 heteroatoms. The lowest BCUT2D eigenvalue weighted by Gasteiger charge is -2.38. The van der Waals surface area contributed by atoms with Gasteiger partial charge in [-0.25, -0.2) is 4.98 Å². The van der Waals surface area contributed by atoms with Crippen LogP contribution >= 0.6 is 0 Å². The zero-order chi connectivity index (χ0) is 16.2. The Morgan fingerprint density at radius 1 is 1.41 bits per heavy atom. The first-order valence-corrected chi connectivity index (χ1v) is 7.78. The van der Waals surface area contributed by atoms with E-state index in [9.17, 15) is 9.59 Å². The number of rotatable bonds is 6. The van der Waals surface area contributed by atoms with Crippen molar-refractivity contribution in [1.82, 2.24) is 10.3 Å². The first kappa shape index (κ1) is 16.3. The van der Waals surface area contributed by atoms with Crippen molar-refractivity contribution in [3.63, 3.8) is 0 Å². The second-order valence-corrected chi connectivity index (χ2v) is 5.53. The number of unbranched alkanes of at least 4 members (excludes halogenated alkanes) is 1. The molecule has 1 aliphatic rings. The van der Waals surface area contributed by atoms with E-state index < -0.39 is 11.5 Å². The molecule has 1 unspecified atom stereocenters. The first-order valence-electron chi connectivity index (χ1n) is 7.78. The van der Waals surface area contributed by atoms with Gasteiger partial charge in [-0.1, -0.05) is 20.3 Å². The third-order valence-corrected chi connectivity index (χ3v) is 3.68. The Morgan fingerprint density at radius 2 is 2.18 bits per heavy atom. The number of hydrogen-bond acceptors (Lipinski definition) is 4. The Hall–Kier alpha value is -2.11. The lowest BCUT2D eigenvalue weighted by atomic mass is 10.0. The average molecular weight is 305 g/mol. The number of carbonyl (C=O) groups is 2. The van der Waals surface area contributed by atoms with E-state index >= 15 is 0 Å². The summed E-state index contributed by atoms with van der Waals surface area (Å²) in [6.45, 7) is 6.57. The molecule has 0 fully saturated rings. The summed E-state index contributed by atoms with van der Waals surface area (Å²) in [7, 11) is 0. The van der Waals surface area contributed by atoms with Gasteiger partial charge in [0, 0.05) is 19.3 Å². The minimum atomic E-state index is -1.54. The summed E-state index contributed by atoms with van der Waals surface area (Å²) in [6.07, 6.45) is 4.21. The van der Waals surface area contributed by atoms with Gasteiger partial charge in [-0.05, 0) is 31.9 Å². The van der Waals surface area contributed by atoms with Crippen molar-refractivity contribution in [1.29, 1.82) is 0 Å². The molecular formula is C16H23N3O3. The molecule has 0 aliphatic carbocycles. The molecule has 22 heavy (non-hydrogen) atoms. The molecule has 1 atom stereocenters. The number of pyridine rings is 1. The summed E-state index contributed by atoms with van der Waals surface area (Å²) in [5, 5.41) is 2.75. The SMILES string of the molecule is CCCCN1C(=O)C(C)(C(=O)NCCC)Oc2cccnc21. The minimum absolute atomic E-state index is 0.360. The fourth-order valence-corrected chi connectivity index (χ4v) is 2.36. The second kappa shape index (κ2) is 6.77. The van der Waals surface area contributed by atoms with E-state index in [4.69, 9.17) is 4.74 Å². The first-order chi connectivity index (χ1) is 10.5. The van der Waals surface area contributed by atoms with Gasteiger partial charge in [-0.15, -0.1) is 0 Å². The molecule has 0 saturated heterocycles. The van der Waals surface area contributed by atoms with E-state index in [2.05, 4.69) is 17.2 Å². The van der Waals surface area contributed by atoms with Crippen molar-refractivity contribution in [3.8, 4) is 5.75 Å². The molecule has 1 N–H and O–H groups in total. The molecule has 1 aliphatic heterocycles. The van der Waals surface area contributed by atoms with E-state index in [-0.39, 0.29) is 5.91 Å². The van der Waals surface area contributed by atoms with Crippen LogP contribution < -0.4 is 15.0 Å². The fourth-order valence-electron chi connectivity index (χ4n) is 2.36. The van der Waals surface area contributed by atoms with Gasteiger partial charge in [0.05, 0.1) is 0 Å². The number of carbonyl (C=O) groups excluding carboxylic acids is 2. The van der Waals surface area contributed by atoms with Gasteiger partial charge in [0.1, 0.15) is 0 Å². The number of anilines is 1. The number of ether oxygens (including phenoxy) is 1. The van der Waals surface area contributed by atoms with Crippen LogP contribution in [0.25, 0.3) is 0 Å². The molecule has 0 aromatic carbocycles. The van der Waals surface area contributed by atoms with Crippen LogP contribution in [0.2, 0.25) is 0 Å². The van der Waals surface area contributed by atoms with Crippen LogP contribution in [0.1, 0.15) is 40.0 Å². The monoisotopic (exact) mass is 305 g/mol. The largest absolute Gasteiger partial charge is 0.464 e. The van der Waals surface area contributed by atoms with Crippen LogP contribution in [0.15, 0.2) is 18.3 Å². The van der Waals surface area contributed by atoms with E-state index in [0.29, 0.717) is 24.7 Å². The van der Waals surface area contributed by atoms with Crippen molar-refractivity contribution in [2.75, 3.05) is 18.0 Å². The molecule has 2 rings (SSSR count). The Kier molecular flexibility index (Phi) is 5.00. The molecule has 1 aromatic rings. The third-order valence-electron chi connectivity index (χ3n) is 3.68. The molecule has 0 bridgehead atoms. The lowest BCUT2D eigenvalue weighted by Crippen LogP contribution is -2.62. The number of aromatic nitrogens is 1. The van der Waals surface area contributed by atoms with Gasteiger partial charge >= 0.3 is 0 Å². The molecule has 2 heterocycles. The van der Waals surface area contributed by atoms with Gasteiger partial charge in [-0.2, -0.15) is 0 Å². The molecule has 0 radical (unpaired) electrons. The smallest absolute Gasteiger partial charge is 0.282 e. The third kappa shape index (κ3) is 2.91. The van der Waals surface area contributed by atoms with E-state index in [1.54, 1.807) is 23.2 Å². The van der Waals surface area contributed by atoms with Gasteiger partial charge in [0.2, 0.25) is 0 Å². The van der Waals surface area contributed by atoms with Crippen LogP contribution in [0, 0.1) is 0 Å². The summed E-state index contributed by atoms with van der Waals surface area (Å²) in [4.78, 5) is 31.0. The van der Waals surface area contributed by atoms with Gasteiger partial charge in [0.15, 0.2) is 11.6 Å². The van der Waals surface area contributed by atoms with Gasteiger partial charge in [-0.3, -0.25) is 14.5 Å². The summed E-state index contributed by atoms with van der Waals surface area (Å²) in [5.74, 6) is 0.185. The van der Waals surface area contributed by atoms with Crippen LogP contribution in [-0.4, -0.2) is 35.5 Å². The highest BCUT2D eigenvalue weighted by atomic mass is 16.5. The van der Waals surface area contributed by atoms with Crippen LogP contribution in [0.3, 0.4) is 0 Å². The van der Waals surface area contributed by atoms with Crippen LogP contribution in [-0.2, 0) is 9.59 Å². The Bertz CT molecular complexity index is 561. The molecule has 0 saturated carbocycles. The standard InChI is InChI=1S/C16H23N3O3/c1-4-6-11-19-13-12(8-7-10-17-13)22-16(3,15(19)21)14(20)18-9-5-2/h7-8,10H,4-6,9,11H2,1-3H3,(H,18,20). The Labute approximate surface area is 130 Å². The fraction of sp³-hybridized carbons (Fsp3) is 0.562. The van der Waals surface area contributed by atoms with Crippen LogP contribution in [0.4, 0.5) is 5.82 Å². The highest BCUT2D eigenvalue weighted by molar-refractivity contribution is 6.16. The Balaban J connectivity index is 2.35. The number of hydrogen-bond donors (Lipinski definition) is 1. The zero-order valence-electron chi connectivity index (χ0n) is 13.4. The highest BCUT2D eigenvalue weighted by Gasteiger charge is 2.50. The van der Waals surface area contributed by atoms with Crippen molar-refractivity contribution in [3.05, 3.63) is 18.3 Å². The predicted octanol–water partition coefficient (Wildman–Crippen LogP) is 1.89. The van der Waals surface area contributed by atoms with Gasteiger partial charge in [0.25, 0.3) is 17.4 Å². The minimum Gasteiger partial charge on any atom is -0.464 e. The quantitative estimate of drug-likeness (QED) is 0.815. The molecule has 1 aromatic heterocycles. The number of amides is 2. The molecule has 0 spiro atoms. The summed E-state index contributed by atoms with van der Waals surface area (Å²) in [6, 6.07) is 3.47. The summed E-state index contributed by atoms with van der Waals surface area (Å²) < 4.78 is 5.74. The maximum Gasteiger partial charge on any atom is 0.282 e. The van der Waals surface area contributed by atoms with E-state index in [1.165, 1.54) is 6.92 Å². The van der Waals surface area contributed by atoms with Crippen molar-refractivity contribution >= 4 is 17.6 Å². The van der Waals surface area contributed by atoms with Crippen molar-refractivity contribution < 1.29 is 14.3 Å². The zero-order valence-corrected chi connectivity index (χ0v) is 13.4. The van der Waals surface area contributed by atoms with Crippen molar-refractivity contribution in [2.24, 2.45) is 0 Å². The lowest BCUT2D eigenvalue weighted by molar-refractivity contribution is -0.148. The molecule has 120 valence electrons. The summed E-state index contributed by atoms with van der Waals surface area (Å²) >= 11 is 0. The summed E-state index contributed by atoms with van der Waals surface area (Å²) in [5.41, 5.74) is -1.54. The highest BCUT2D eigenvalue weighted by Crippen LogP contribution is 2.36. The second-order valence-electron chi connectivity index (χ2n) is 5.53. The molecular weight excluding hydrogens is 282 g/mol. The average Bonchev–Trinajstić information content (AvgIpc) is 2.53. The van der Waals surface area contributed by atoms with Gasteiger partial charge < -0.3 is 10.1 Å². The normalized spacial score (nSPS) is 20.3. The van der Waals surface area contributed by atoms with Crippen molar-refractivity contribution in [2.45, 2.75) is 45.6 Å². The maximum absolute atomic E-state index is 12.8. The maximum atomic E-state index is 12.8. The van der Waals surface area contributed by atoms with E-state index in [1.807, 2.05) is 6.92 Å².